The molecule has 0 spiro atoms. The van der Waals surface area contributed by atoms with Crippen molar-refractivity contribution in [1.29, 1.82) is 0 Å². The summed E-state index contributed by atoms with van der Waals surface area (Å²) in [6, 6.07) is 0.261. The average molecular weight is 226 g/mol. The van der Waals surface area contributed by atoms with Gasteiger partial charge in [0.05, 0.1) is 11.6 Å². The van der Waals surface area contributed by atoms with Crippen molar-refractivity contribution in [1.82, 2.24) is 10.2 Å². The minimum atomic E-state index is -0.569. The molecule has 90 valence electrons. The van der Waals surface area contributed by atoms with E-state index in [9.17, 15) is 5.11 Å². The maximum Gasteiger partial charge on any atom is 0.318 e. The van der Waals surface area contributed by atoms with Crippen LogP contribution in [-0.4, -0.2) is 34.0 Å². The zero-order valence-corrected chi connectivity index (χ0v) is 9.68. The molecule has 1 fully saturated rings. The van der Waals surface area contributed by atoms with Crippen molar-refractivity contribution in [3.8, 4) is 0 Å². The molecule has 6 heteroatoms. The van der Waals surface area contributed by atoms with Crippen molar-refractivity contribution < 1.29 is 9.52 Å². The first-order valence-electron chi connectivity index (χ1n) is 5.54. The van der Waals surface area contributed by atoms with Crippen LogP contribution in [0.5, 0.6) is 0 Å². The van der Waals surface area contributed by atoms with Gasteiger partial charge in [0.15, 0.2) is 0 Å². The fourth-order valence-corrected chi connectivity index (χ4v) is 1.72. The molecule has 0 radical (unpaired) electrons. The summed E-state index contributed by atoms with van der Waals surface area (Å²) in [6.07, 6.45) is 1.42. The molecule has 6 nitrogen and oxygen atoms in total. The van der Waals surface area contributed by atoms with Crippen LogP contribution in [0.1, 0.15) is 38.6 Å². The predicted octanol–water partition coefficient (Wildman–Crippen LogP) is 0.441. The smallest absolute Gasteiger partial charge is 0.318 e. The van der Waals surface area contributed by atoms with E-state index in [1.54, 1.807) is 6.92 Å². The van der Waals surface area contributed by atoms with Crippen LogP contribution in [0.4, 0.5) is 6.01 Å². The first-order valence-corrected chi connectivity index (χ1v) is 5.54. The molecule has 1 aliphatic rings. The lowest BCUT2D eigenvalue weighted by molar-refractivity contribution is 0.0343. The molecule has 1 atom stereocenters. The van der Waals surface area contributed by atoms with Gasteiger partial charge >= 0.3 is 6.01 Å². The summed E-state index contributed by atoms with van der Waals surface area (Å²) in [5.41, 5.74) is 5.08. The molecule has 1 aromatic heterocycles. The summed E-state index contributed by atoms with van der Waals surface area (Å²) >= 11 is 0. The monoisotopic (exact) mass is 226 g/mol. The van der Waals surface area contributed by atoms with Crippen molar-refractivity contribution in [2.75, 3.05) is 18.0 Å². The third-order valence-corrected chi connectivity index (χ3v) is 2.93. The first kappa shape index (κ1) is 11.3. The van der Waals surface area contributed by atoms with E-state index in [4.69, 9.17) is 10.2 Å². The highest BCUT2D eigenvalue weighted by Gasteiger charge is 2.29. The molecule has 3 N–H and O–H groups in total. The second-order valence-corrected chi connectivity index (χ2v) is 4.70. The molecular weight excluding hydrogens is 208 g/mol. The van der Waals surface area contributed by atoms with Crippen molar-refractivity contribution in [2.24, 2.45) is 5.73 Å². The van der Waals surface area contributed by atoms with Crippen LogP contribution in [0.15, 0.2) is 4.42 Å². The van der Waals surface area contributed by atoms with E-state index in [1.165, 1.54) is 0 Å². The van der Waals surface area contributed by atoms with E-state index in [1.807, 2.05) is 11.8 Å². The lowest BCUT2D eigenvalue weighted by atomic mass is 9.94. The normalized spacial score (nSPS) is 22.1. The summed E-state index contributed by atoms with van der Waals surface area (Å²) in [7, 11) is 0. The molecule has 1 unspecified atom stereocenters. The third kappa shape index (κ3) is 2.33. The molecule has 16 heavy (non-hydrogen) atoms. The lowest BCUT2D eigenvalue weighted by Gasteiger charge is -2.34. The standard InChI is InChI=1S/C10H18N4O2/c1-7(11)8-12-13-9(16-8)14-5-3-10(2,15)4-6-14/h7,15H,3-6,11H2,1-2H3. The number of rotatable bonds is 2. The second-order valence-electron chi connectivity index (χ2n) is 4.70. The van der Waals surface area contributed by atoms with Crippen molar-refractivity contribution in [3.63, 3.8) is 0 Å². The summed E-state index contributed by atoms with van der Waals surface area (Å²) in [5.74, 6) is 0.451. The summed E-state index contributed by atoms with van der Waals surface area (Å²) < 4.78 is 5.45. The summed E-state index contributed by atoms with van der Waals surface area (Å²) in [6.45, 7) is 5.12. The van der Waals surface area contributed by atoms with Gasteiger partial charge in [-0.3, -0.25) is 0 Å². The van der Waals surface area contributed by atoms with Gasteiger partial charge in [-0.1, -0.05) is 5.10 Å². The summed E-state index contributed by atoms with van der Waals surface area (Å²) in [5, 5.41) is 17.7. The van der Waals surface area contributed by atoms with Crippen LogP contribution >= 0.6 is 0 Å². The molecule has 0 bridgehead atoms. The van der Waals surface area contributed by atoms with Crippen LogP contribution < -0.4 is 10.6 Å². The second kappa shape index (κ2) is 4.03. The number of aliphatic hydroxyl groups is 1. The largest absolute Gasteiger partial charge is 0.406 e. The number of hydrogen-bond acceptors (Lipinski definition) is 6. The molecule has 2 rings (SSSR count). The van der Waals surface area contributed by atoms with Crippen molar-refractivity contribution in [2.45, 2.75) is 38.3 Å². The molecule has 1 saturated heterocycles. The zero-order valence-electron chi connectivity index (χ0n) is 9.68. The van der Waals surface area contributed by atoms with E-state index >= 15 is 0 Å². The Hall–Kier alpha value is -1.14. The molecule has 0 saturated carbocycles. The number of aromatic nitrogens is 2. The Labute approximate surface area is 94.4 Å². The minimum Gasteiger partial charge on any atom is -0.406 e. The number of nitrogens with zero attached hydrogens (tertiary/aromatic N) is 3. The number of anilines is 1. The molecule has 0 amide bonds. The Morgan fingerprint density at radius 3 is 2.56 bits per heavy atom. The third-order valence-electron chi connectivity index (χ3n) is 2.93. The first-order chi connectivity index (χ1) is 7.48. The number of piperidine rings is 1. The Kier molecular flexibility index (Phi) is 2.86. The van der Waals surface area contributed by atoms with Gasteiger partial charge in [0.1, 0.15) is 0 Å². The van der Waals surface area contributed by atoms with E-state index in [-0.39, 0.29) is 6.04 Å². The van der Waals surface area contributed by atoms with Gasteiger partial charge in [-0.05, 0) is 26.7 Å². The van der Waals surface area contributed by atoms with Gasteiger partial charge in [-0.2, -0.15) is 0 Å². The lowest BCUT2D eigenvalue weighted by Crippen LogP contribution is -2.42. The predicted molar refractivity (Wildman–Crippen MR) is 59.0 cm³/mol. The topological polar surface area (TPSA) is 88.4 Å². The molecule has 1 aromatic rings. The van der Waals surface area contributed by atoms with Gasteiger partial charge < -0.3 is 20.2 Å². The molecule has 0 aromatic carbocycles. The van der Waals surface area contributed by atoms with Gasteiger partial charge in [0.25, 0.3) is 0 Å². The Morgan fingerprint density at radius 2 is 2.06 bits per heavy atom. The maximum atomic E-state index is 9.82. The molecule has 1 aliphatic heterocycles. The Balaban J connectivity index is 2.03. The van der Waals surface area contributed by atoms with E-state index in [0.29, 0.717) is 24.7 Å². The van der Waals surface area contributed by atoms with Crippen LogP contribution in [0.3, 0.4) is 0 Å². The zero-order chi connectivity index (χ0) is 11.8. The van der Waals surface area contributed by atoms with Gasteiger partial charge in [-0.15, -0.1) is 5.10 Å². The molecule has 0 aliphatic carbocycles. The number of hydrogen-bond donors (Lipinski definition) is 2. The fourth-order valence-electron chi connectivity index (χ4n) is 1.72. The van der Waals surface area contributed by atoms with E-state index < -0.39 is 5.60 Å². The van der Waals surface area contributed by atoms with Crippen LogP contribution in [-0.2, 0) is 0 Å². The van der Waals surface area contributed by atoms with Crippen molar-refractivity contribution in [3.05, 3.63) is 5.89 Å². The van der Waals surface area contributed by atoms with E-state index in [2.05, 4.69) is 10.2 Å². The SMILES string of the molecule is CC(N)c1nnc(N2CCC(C)(O)CC2)o1. The molecular formula is C10H18N4O2. The van der Waals surface area contributed by atoms with Crippen LogP contribution in [0, 0.1) is 0 Å². The quantitative estimate of drug-likeness (QED) is 0.760. The van der Waals surface area contributed by atoms with Crippen LogP contribution in [0.2, 0.25) is 0 Å². The highest BCUT2D eigenvalue weighted by molar-refractivity contribution is 5.25. The van der Waals surface area contributed by atoms with Crippen LogP contribution in [0.25, 0.3) is 0 Å². The van der Waals surface area contributed by atoms with Gasteiger partial charge in [0, 0.05) is 13.1 Å². The van der Waals surface area contributed by atoms with E-state index in [0.717, 1.165) is 13.1 Å². The Bertz CT molecular complexity index is 351. The van der Waals surface area contributed by atoms with Crippen molar-refractivity contribution >= 4 is 6.01 Å². The highest BCUT2D eigenvalue weighted by Crippen LogP contribution is 2.25. The minimum absolute atomic E-state index is 0.242. The molecule has 2 heterocycles. The van der Waals surface area contributed by atoms with Gasteiger partial charge in [0.2, 0.25) is 5.89 Å². The maximum absolute atomic E-state index is 9.82. The average Bonchev–Trinajstić information content (AvgIpc) is 2.66. The highest BCUT2D eigenvalue weighted by atomic mass is 16.4. The summed E-state index contributed by atoms with van der Waals surface area (Å²) in [4.78, 5) is 1.98. The van der Waals surface area contributed by atoms with Gasteiger partial charge in [-0.25, -0.2) is 0 Å². The fraction of sp³-hybridized carbons (Fsp3) is 0.800. The Morgan fingerprint density at radius 1 is 1.44 bits per heavy atom. The number of nitrogens with two attached hydrogens (primary N) is 1.